The van der Waals surface area contributed by atoms with Crippen LogP contribution in [0.3, 0.4) is 0 Å². The summed E-state index contributed by atoms with van der Waals surface area (Å²) in [4.78, 5) is 26.1. The Hall–Kier alpha value is -2.15. The number of nitrogens with one attached hydrogen (secondary N) is 2. The molecule has 2 N–H and O–H groups in total. The van der Waals surface area contributed by atoms with Crippen molar-refractivity contribution in [3.8, 4) is 0 Å². The molecule has 2 aromatic rings. The fourth-order valence-electron chi connectivity index (χ4n) is 2.41. The van der Waals surface area contributed by atoms with Crippen LogP contribution in [0.5, 0.6) is 0 Å². The van der Waals surface area contributed by atoms with Gasteiger partial charge in [-0.2, -0.15) is 5.10 Å². The lowest BCUT2D eigenvalue weighted by atomic mass is 9.96. The first-order chi connectivity index (χ1) is 11.6. The predicted octanol–water partition coefficient (Wildman–Crippen LogP) is 3.66. The van der Waals surface area contributed by atoms with E-state index >= 15 is 0 Å². The molecule has 0 unspecified atom stereocenters. The minimum absolute atomic E-state index is 0.109. The summed E-state index contributed by atoms with van der Waals surface area (Å²) in [5.41, 5.74) is 0.926. The van der Waals surface area contributed by atoms with Crippen molar-refractivity contribution >= 4 is 28.2 Å². The van der Waals surface area contributed by atoms with E-state index in [0.29, 0.717) is 10.6 Å². The zero-order valence-electron chi connectivity index (χ0n) is 15.6. The molecule has 0 aliphatic rings. The molecule has 0 spiro atoms. The van der Waals surface area contributed by atoms with E-state index in [1.165, 1.54) is 11.3 Å². The highest BCUT2D eigenvalue weighted by Crippen LogP contribution is 2.30. The van der Waals surface area contributed by atoms with E-state index in [1.807, 2.05) is 53.8 Å². The van der Waals surface area contributed by atoms with Gasteiger partial charge in [0.15, 0.2) is 0 Å². The lowest BCUT2D eigenvalue weighted by Crippen LogP contribution is -2.31. The van der Waals surface area contributed by atoms with E-state index in [2.05, 4.69) is 15.7 Å². The third-order valence-electron chi connectivity index (χ3n) is 3.94. The highest BCUT2D eigenvalue weighted by molar-refractivity contribution is 7.16. The Morgan fingerprint density at radius 2 is 2.04 bits per heavy atom. The van der Waals surface area contributed by atoms with Gasteiger partial charge in [-0.25, -0.2) is 0 Å². The molecule has 2 heterocycles. The summed E-state index contributed by atoms with van der Waals surface area (Å²) >= 11 is 1.41. The van der Waals surface area contributed by atoms with Crippen LogP contribution in [0.4, 0.5) is 5.00 Å². The van der Waals surface area contributed by atoms with Crippen LogP contribution in [-0.4, -0.2) is 21.6 Å². The molecule has 2 aromatic heterocycles. The van der Waals surface area contributed by atoms with Crippen LogP contribution in [0.2, 0.25) is 0 Å². The largest absolute Gasteiger partial charge is 0.344 e. The van der Waals surface area contributed by atoms with Crippen molar-refractivity contribution in [1.82, 2.24) is 15.1 Å². The van der Waals surface area contributed by atoms with Gasteiger partial charge in [-0.15, -0.1) is 11.3 Å². The number of thiophene rings is 1. The zero-order chi connectivity index (χ0) is 18.8. The van der Waals surface area contributed by atoms with Crippen molar-refractivity contribution in [2.24, 2.45) is 12.5 Å². The fraction of sp³-hybridized carbons (Fsp3) is 0.500. The van der Waals surface area contributed by atoms with Gasteiger partial charge in [-0.3, -0.25) is 14.3 Å². The Morgan fingerprint density at radius 1 is 1.36 bits per heavy atom. The molecule has 0 aliphatic carbocycles. The first-order valence-corrected chi connectivity index (χ1v) is 9.15. The van der Waals surface area contributed by atoms with Gasteiger partial charge in [0.25, 0.3) is 5.91 Å². The number of hydrogen-bond acceptors (Lipinski definition) is 4. The van der Waals surface area contributed by atoms with Crippen LogP contribution >= 0.6 is 11.3 Å². The number of carbonyl (C=O) groups is 2. The fourth-order valence-corrected chi connectivity index (χ4v) is 3.32. The van der Waals surface area contributed by atoms with Gasteiger partial charge in [0.05, 0.1) is 17.3 Å². The maximum Gasteiger partial charge on any atom is 0.254 e. The third-order valence-corrected chi connectivity index (χ3v) is 4.90. The standard InChI is InChI=1S/C18H26N4O2S/c1-7-13(14-8-9-19-22(14)6)20-15(23)12-10-11(2)25-16(12)21-17(24)18(3,4)5/h8-10,13H,7H2,1-6H3,(H,20,23)(H,21,24)/t13-/m0/s1. The highest BCUT2D eigenvalue weighted by Gasteiger charge is 2.25. The summed E-state index contributed by atoms with van der Waals surface area (Å²) in [6, 6.07) is 3.58. The van der Waals surface area contributed by atoms with Crippen LogP contribution in [0.15, 0.2) is 18.3 Å². The van der Waals surface area contributed by atoms with Gasteiger partial charge < -0.3 is 10.6 Å². The number of aromatic nitrogens is 2. The van der Waals surface area contributed by atoms with E-state index in [4.69, 9.17) is 0 Å². The first-order valence-electron chi connectivity index (χ1n) is 8.34. The van der Waals surface area contributed by atoms with Gasteiger partial charge in [-0.1, -0.05) is 27.7 Å². The molecule has 0 bridgehead atoms. The lowest BCUT2D eigenvalue weighted by Gasteiger charge is -2.19. The van der Waals surface area contributed by atoms with Crippen molar-refractivity contribution in [2.75, 3.05) is 5.32 Å². The number of anilines is 1. The summed E-state index contributed by atoms with van der Waals surface area (Å²) < 4.78 is 1.76. The first kappa shape index (κ1) is 19.2. The van der Waals surface area contributed by atoms with Gasteiger partial charge >= 0.3 is 0 Å². The van der Waals surface area contributed by atoms with E-state index in [9.17, 15) is 9.59 Å². The molecule has 1 atom stereocenters. The quantitative estimate of drug-likeness (QED) is 0.852. The van der Waals surface area contributed by atoms with E-state index in [1.54, 1.807) is 10.9 Å². The molecule has 0 saturated heterocycles. The molecule has 0 aromatic carbocycles. The maximum atomic E-state index is 12.8. The molecular weight excluding hydrogens is 336 g/mol. The van der Waals surface area contributed by atoms with Gasteiger partial charge in [0.1, 0.15) is 5.00 Å². The summed E-state index contributed by atoms with van der Waals surface area (Å²) in [7, 11) is 1.86. The number of aryl methyl sites for hydroxylation is 2. The Bertz CT molecular complexity index is 770. The summed E-state index contributed by atoms with van der Waals surface area (Å²) in [5, 5.41) is 10.7. The smallest absolute Gasteiger partial charge is 0.254 e. The van der Waals surface area contributed by atoms with Crippen molar-refractivity contribution in [2.45, 2.75) is 47.1 Å². The van der Waals surface area contributed by atoms with Crippen molar-refractivity contribution in [3.63, 3.8) is 0 Å². The molecule has 7 heteroatoms. The van der Waals surface area contributed by atoms with E-state index in [-0.39, 0.29) is 17.9 Å². The molecule has 2 amide bonds. The number of rotatable bonds is 5. The van der Waals surface area contributed by atoms with Crippen molar-refractivity contribution in [1.29, 1.82) is 0 Å². The lowest BCUT2D eigenvalue weighted by molar-refractivity contribution is -0.123. The highest BCUT2D eigenvalue weighted by atomic mass is 32.1. The van der Waals surface area contributed by atoms with Crippen LogP contribution in [0.25, 0.3) is 0 Å². The monoisotopic (exact) mass is 362 g/mol. The Labute approximate surface area is 152 Å². The van der Waals surface area contributed by atoms with Crippen molar-refractivity contribution < 1.29 is 9.59 Å². The molecule has 25 heavy (non-hydrogen) atoms. The average Bonchev–Trinajstić information content (AvgIpc) is 3.09. The second-order valence-electron chi connectivity index (χ2n) is 7.12. The maximum absolute atomic E-state index is 12.8. The molecule has 0 saturated carbocycles. The average molecular weight is 362 g/mol. The molecule has 2 rings (SSSR count). The summed E-state index contributed by atoms with van der Waals surface area (Å²) in [6.07, 6.45) is 2.46. The van der Waals surface area contributed by atoms with Crippen LogP contribution in [-0.2, 0) is 11.8 Å². The van der Waals surface area contributed by atoms with Gasteiger partial charge in [0.2, 0.25) is 5.91 Å². The molecule has 0 fully saturated rings. The molecule has 136 valence electrons. The summed E-state index contributed by atoms with van der Waals surface area (Å²) in [5.74, 6) is -0.302. The van der Waals surface area contributed by atoms with Gasteiger partial charge in [-0.05, 0) is 25.5 Å². The van der Waals surface area contributed by atoms with Gasteiger partial charge in [0, 0.05) is 23.5 Å². The Morgan fingerprint density at radius 3 is 2.56 bits per heavy atom. The second kappa shape index (κ2) is 7.39. The zero-order valence-corrected chi connectivity index (χ0v) is 16.5. The van der Waals surface area contributed by atoms with Crippen molar-refractivity contribution in [3.05, 3.63) is 34.5 Å². The predicted molar refractivity (Wildman–Crippen MR) is 101 cm³/mol. The van der Waals surface area contributed by atoms with E-state index in [0.717, 1.165) is 17.0 Å². The number of nitrogens with zero attached hydrogens (tertiary/aromatic N) is 2. The van der Waals surface area contributed by atoms with Crippen LogP contribution in [0, 0.1) is 12.3 Å². The number of hydrogen-bond donors (Lipinski definition) is 2. The SMILES string of the molecule is CC[C@H](NC(=O)c1cc(C)sc1NC(=O)C(C)(C)C)c1ccnn1C. The minimum atomic E-state index is -0.522. The molecule has 0 radical (unpaired) electrons. The van der Waals surface area contributed by atoms with E-state index < -0.39 is 5.41 Å². The Balaban J connectivity index is 2.22. The van der Waals surface area contributed by atoms with Crippen LogP contribution in [0.1, 0.15) is 61.1 Å². The minimum Gasteiger partial charge on any atom is -0.344 e. The number of carbonyl (C=O) groups excluding carboxylic acids is 2. The number of amides is 2. The molecular formula is C18H26N4O2S. The van der Waals surface area contributed by atoms with Crippen LogP contribution < -0.4 is 10.6 Å². The third kappa shape index (κ3) is 4.48. The summed E-state index contributed by atoms with van der Waals surface area (Å²) in [6.45, 7) is 9.47. The Kier molecular flexibility index (Phi) is 5.67. The topological polar surface area (TPSA) is 76.0 Å². The normalized spacial score (nSPS) is 12.7. The second-order valence-corrected chi connectivity index (χ2v) is 8.37. The molecule has 0 aliphatic heterocycles. The molecule has 6 nitrogen and oxygen atoms in total.